The second-order valence-corrected chi connectivity index (χ2v) is 6.20. The molecule has 0 aliphatic carbocycles. The van der Waals surface area contributed by atoms with Crippen molar-refractivity contribution in [2.45, 2.75) is 45.4 Å². The summed E-state index contributed by atoms with van der Waals surface area (Å²) in [5, 5.41) is 10.9. The normalized spacial score (nSPS) is 13.3. The van der Waals surface area contributed by atoms with Crippen molar-refractivity contribution in [3.8, 4) is 5.75 Å². The molecule has 0 heterocycles. The zero-order chi connectivity index (χ0) is 17.7. The van der Waals surface area contributed by atoms with E-state index in [1.54, 1.807) is 0 Å². The Labute approximate surface area is 144 Å². The number of hydrogen-bond acceptors (Lipinski definition) is 3. The van der Waals surface area contributed by atoms with Crippen LogP contribution in [0.15, 0.2) is 42.5 Å². The van der Waals surface area contributed by atoms with E-state index in [2.05, 4.69) is 26.0 Å². The van der Waals surface area contributed by atoms with Gasteiger partial charge >= 0.3 is 5.97 Å². The Morgan fingerprint density at radius 2 is 1.79 bits per heavy atom. The summed E-state index contributed by atoms with van der Waals surface area (Å²) >= 11 is 0. The average Bonchev–Trinajstić information content (AvgIpc) is 2.61. The summed E-state index contributed by atoms with van der Waals surface area (Å²) in [6, 6.07) is 14.1. The number of aryl methyl sites for hydroxylation is 1. The predicted molar refractivity (Wildman–Crippen MR) is 96.6 cm³/mol. The molecule has 0 saturated heterocycles. The zero-order valence-corrected chi connectivity index (χ0v) is 14.9. The molecule has 0 aromatic heterocycles. The van der Waals surface area contributed by atoms with Gasteiger partial charge in [-0.25, -0.2) is 4.79 Å². The van der Waals surface area contributed by atoms with Crippen molar-refractivity contribution in [2.24, 2.45) is 0 Å². The van der Waals surface area contributed by atoms with Gasteiger partial charge in [0.05, 0.1) is 7.11 Å². The Kier molecular flexibility index (Phi) is 5.66. The van der Waals surface area contributed by atoms with Gasteiger partial charge in [-0.2, -0.15) is 0 Å². The second kappa shape index (κ2) is 7.52. The number of benzene rings is 2. The quantitative estimate of drug-likeness (QED) is 0.761. The molecule has 24 heavy (non-hydrogen) atoms. The number of carbonyl (C=O) groups is 1. The first-order valence-electron chi connectivity index (χ1n) is 8.48. The first-order chi connectivity index (χ1) is 11.5. The molecule has 0 aliphatic heterocycles. The third-order valence-electron chi connectivity index (χ3n) is 4.90. The van der Waals surface area contributed by atoms with Gasteiger partial charge in [-0.3, -0.25) is 0 Å². The van der Waals surface area contributed by atoms with Crippen molar-refractivity contribution in [2.75, 3.05) is 7.11 Å². The molecule has 0 amide bonds. The number of aromatic hydroxyl groups is 1. The van der Waals surface area contributed by atoms with Crippen LogP contribution in [0, 0.1) is 6.92 Å². The van der Waals surface area contributed by atoms with E-state index in [1.807, 2.05) is 37.3 Å². The molecule has 0 bridgehead atoms. The molecule has 1 atom stereocenters. The van der Waals surface area contributed by atoms with Gasteiger partial charge in [0.2, 0.25) is 0 Å². The third kappa shape index (κ3) is 3.03. The van der Waals surface area contributed by atoms with Gasteiger partial charge in [-0.15, -0.1) is 0 Å². The zero-order valence-electron chi connectivity index (χ0n) is 14.9. The van der Waals surface area contributed by atoms with Gasteiger partial charge in [0.15, 0.2) is 0 Å². The highest BCUT2D eigenvalue weighted by molar-refractivity contribution is 5.94. The van der Waals surface area contributed by atoms with Crippen LogP contribution >= 0.6 is 0 Å². The fourth-order valence-corrected chi connectivity index (χ4v) is 3.63. The highest BCUT2D eigenvalue weighted by atomic mass is 16.5. The molecular formula is C21H26O3. The Morgan fingerprint density at radius 1 is 1.12 bits per heavy atom. The van der Waals surface area contributed by atoms with Gasteiger partial charge in [-0.1, -0.05) is 62.7 Å². The average molecular weight is 326 g/mol. The van der Waals surface area contributed by atoms with Crippen molar-refractivity contribution >= 4 is 5.97 Å². The maximum atomic E-state index is 12.1. The van der Waals surface area contributed by atoms with Gasteiger partial charge < -0.3 is 9.84 Å². The van der Waals surface area contributed by atoms with Crippen LogP contribution in [0.1, 0.15) is 60.2 Å². The largest absolute Gasteiger partial charge is 0.507 e. The van der Waals surface area contributed by atoms with E-state index in [1.165, 1.54) is 7.11 Å². The second-order valence-electron chi connectivity index (χ2n) is 6.20. The summed E-state index contributed by atoms with van der Waals surface area (Å²) < 4.78 is 4.87. The molecule has 0 spiro atoms. The Balaban J connectivity index is 2.75. The van der Waals surface area contributed by atoms with Crippen LogP contribution in [-0.4, -0.2) is 18.2 Å². The van der Waals surface area contributed by atoms with Gasteiger partial charge in [0.1, 0.15) is 11.3 Å². The minimum Gasteiger partial charge on any atom is -0.507 e. The van der Waals surface area contributed by atoms with Gasteiger partial charge in [0, 0.05) is 11.0 Å². The van der Waals surface area contributed by atoms with Crippen molar-refractivity contribution in [3.63, 3.8) is 0 Å². The molecule has 0 saturated carbocycles. The maximum absolute atomic E-state index is 12.1. The summed E-state index contributed by atoms with van der Waals surface area (Å²) in [4.78, 5) is 12.1. The number of esters is 1. The predicted octanol–water partition coefficient (Wildman–Crippen LogP) is 4.98. The smallest absolute Gasteiger partial charge is 0.341 e. The molecule has 0 radical (unpaired) electrons. The Bertz CT molecular complexity index is 707. The molecule has 3 nitrogen and oxygen atoms in total. The van der Waals surface area contributed by atoms with Gasteiger partial charge in [0.25, 0.3) is 0 Å². The number of rotatable bonds is 6. The van der Waals surface area contributed by atoms with E-state index in [0.29, 0.717) is 0 Å². The molecule has 1 unspecified atom stereocenters. The molecule has 128 valence electrons. The number of carbonyl (C=O) groups excluding carboxylic acids is 1. The lowest BCUT2D eigenvalue weighted by atomic mass is 9.68. The molecule has 1 N–H and O–H groups in total. The van der Waals surface area contributed by atoms with Crippen molar-refractivity contribution in [1.29, 1.82) is 0 Å². The van der Waals surface area contributed by atoms with E-state index in [-0.39, 0.29) is 16.7 Å². The van der Waals surface area contributed by atoms with E-state index < -0.39 is 5.97 Å². The van der Waals surface area contributed by atoms with Gasteiger partial charge in [-0.05, 0) is 30.9 Å². The van der Waals surface area contributed by atoms with Crippen LogP contribution < -0.4 is 0 Å². The molecule has 2 rings (SSSR count). The minimum atomic E-state index is -0.499. The highest BCUT2D eigenvalue weighted by Crippen LogP contribution is 2.45. The lowest BCUT2D eigenvalue weighted by Crippen LogP contribution is -2.27. The Morgan fingerprint density at radius 3 is 2.33 bits per heavy atom. The van der Waals surface area contributed by atoms with Crippen molar-refractivity contribution in [1.82, 2.24) is 0 Å². The first kappa shape index (κ1) is 18.1. The molecule has 3 heteroatoms. The summed E-state index contributed by atoms with van der Waals surface area (Å²) in [5.74, 6) is -0.456. The fourth-order valence-electron chi connectivity index (χ4n) is 3.63. The standard InChI is InChI=1S/C21H26O3/c1-5-14-21(6-2,16-10-8-7-9-11-16)17-13-12-15(3)18(19(17)22)20(23)24-4/h7-13,22H,5-6,14H2,1-4H3. The first-order valence-corrected chi connectivity index (χ1v) is 8.48. The molecule has 0 aliphatic rings. The van der Waals surface area contributed by atoms with E-state index in [4.69, 9.17) is 4.74 Å². The van der Waals surface area contributed by atoms with Crippen molar-refractivity contribution in [3.05, 3.63) is 64.7 Å². The lowest BCUT2D eigenvalue weighted by molar-refractivity contribution is 0.0596. The number of phenolic OH excluding ortho intramolecular Hbond substituents is 1. The number of ether oxygens (including phenoxy) is 1. The van der Waals surface area contributed by atoms with Crippen LogP contribution in [0.5, 0.6) is 5.75 Å². The summed E-state index contributed by atoms with van der Waals surface area (Å²) in [7, 11) is 1.34. The van der Waals surface area contributed by atoms with E-state index in [9.17, 15) is 9.90 Å². The van der Waals surface area contributed by atoms with Crippen LogP contribution in [0.25, 0.3) is 0 Å². The topological polar surface area (TPSA) is 46.5 Å². The van der Waals surface area contributed by atoms with E-state index in [0.717, 1.165) is 36.0 Å². The van der Waals surface area contributed by atoms with E-state index >= 15 is 0 Å². The van der Waals surface area contributed by atoms with Crippen LogP contribution in [-0.2, 0) is 10.2 Å². The van der Waals surface area contributed by atoms with Crippen LogP contribution in [0.2, 0.25) is 0 Å². The Hall–Kier alpha value is -2.29. The number of phenols is 1. The molecule has 2 aromatic rings. The summed E-state index contributed by atoms with van der Waals surface area (Å²) in [6.07, 6.45) is 2.70. The summed E-state index contributed by atoms with van der Waals surface area (Å²) in [5.41, 5.74) is 2.61. The number of methoxy groups -OCH3 is 1. The third-order valence-corrected chi connectivity index (χ3v) is 4.90. The van der Waals surface area contributed by atoms with Crippen molar-refractivity contribution < 1.29 is 14.6 Å². The maximum Gasteiger partial charge on any atom is 0.341 e. The lowest BCUT2D eigenvalue weighted by Gasteiger charge is -2.35. The van der Waals surface area contributed by atoms with Crippen LogP contribution in [0.4, 0.5) is 0 Å². The SMILES string of the molecule is CCCC(CC)(c1ccccc1)c1ccc(C)c(C(=O)OC)c1O. The monoisotopic (exact) mass is 326 g/mol. The summed E-state index contributed by atoms with van der Waals surface area (Å²) in [6.45, 7) is 6.07. The highest BCUT2D eigenvalue weighted by Gasteiger charge is 2.35. The number of hydrogen-bond donors (Lipinski definition) is 1. The molecular weight excluding hydrogens is 300 g/mol. The molecule has 0 fully saturated rings. The molecule has 2 aromatic carbocycles. The fraction of sp³-hybridized carbons (Fsp3) is 0.381. The minimum absolute atomic E-state index is 0.0426. The van der Waals surface area contributed by atoms with Crippen LogP contribution in [0.3, 0.4) is 0 Å².